The van der Waals surface area contributed by atoms with Gasteiger partial charge in [0.1, 0.15) is 0 Å². The number of primary sulfonamides is 1. The molecule has 0 aliphatic heterocycles. The Morgan fingerprint density at radius 1 is 1.10 bits per heavy atom. The van der Waals surface area contributed by atoms with Gasteiger partial charge in [-0.05, 0) is 24.3 Å². The molecule has 21 heavy (non-hydrogen) atoms. The zero-order valence-corrected chi connectivity index (χ0v) is 11.3. The van der Waals surface area contributed by atoms with Crippen molar-refractivity contribution in [1.82, 2.24) is 9.97 Å². The van der Waals surface area contributed by atoms with Crippen molar-refractivity contribution in [3.8, 4) is 0 Å². The number of hydrogen-bond acceptors (Lipinski definition) is 8. The van der Waals surface area contributed by atoms with Crippen LogP contribution >= 0.6 is 0 Å². The van der Waals surface area contributed by atoms with Gasteiger partial charge >= 0.3 is 0 Å². The van der Waals surface area contributed by atoms with Gasteiger partial charge in [-0.25, -0.2) is 13.6 Å². The first-order valence-corrected chi connectivity index (χ1v) is 7.02. The van der Waals surface area contributed by atoms with E-state index in [2.05, 4.69) is 20.2 Å². The van der Waals surface area contributed by atoms with E-state index in [0.29, 0.717) is 5.69 Å². The molecule has 0 saturated carbocycles. The molecule has 2 aromatic rings. The SMILES string of the molecule is Nc1nc(N)c(N=Nc2ccc(S(N)(=O)=O)cc2)c(=O)[nH]1. The summed E-state index contributed by atoms with van der Waals surface area (Å²) < 4.78 is 22.2. The predicted octanol–water partition coefficient (Wildman–Crippen LogP) is -0.00290. The number of rotatable bonds is 3. The van der Waals surface area contributed by atoms with Crippen LogP contribution in [0.5, 0.6) is 0 Å². The highest BCUT2D eigenvalue weighted by molar-refractivity contribution is 7.89. The molecule has 0 spiro atoms. The van der Waals surface area contributed by atoms with Crippen LogP contribution in [-0.2, 0) is 10.0 Å². The molecule has 7 N–H and O–H groups in total. The first-order chi connectivity index (χ1) is 9.77. The summed E-state index contributed by atoms with van der Waals surface area (Å²) in [6, 6.07) is 5.27. The highest BCUT2D eigenvalue weighted by Crippen LogP contribution is 2.20. The van der Waals surface area contributed by atoms with E-state index in [1.807, 2.05) is 0 Å². The Morgan fingerprint density at radius 3 is 2.24 bits per heavy atom. The van der Waals surface area contributed by atoms with Crippen molar-refractivity contribution in [2.45, 2.75) is 4.90 Å². The fraction of sp³-hybridized carbons (Fsp3) is 0. The first-order valence-electron chi connectivity index (χ1n) is 5.47. The topological polar surface area (TPSA) is 183 Å². The molecule has 0 amide bonds. The van der Waals surface area contributed by atoms with Gasteiger partial charge in [-0.15, -0.1) is 5.11 Å². The number of nitrogens with one attached hydrogen (secondary N) is 1. The summed E-state index contributed by atoms with van der Waals surface area (Å²) in [6.07, 6.45) is 0. The van der Waals surface area contributed by atoms with Crippen LogP contribution in [0.25, 0.3) is 0 Å². The molecule has 0 atom stereocenters. The molecule has 0 saturated heterocycles. The molecule has 0 fully saturated rings. The van der Waals surface area contributed by atoms with E-state index < -0.39 is 15.6 Å². The number of anilines is 2. The van der Waals surface area contributed by atoms with Crippen LogP contribution in [0, 0.1) is 0 Å². The number of aromatic nitrogens is 2. The smallest absolute Gasteiger partial charge is 0.282 e. The minimum atomic E-state index is -3.78. The predicted molar refractivity (Wildman–Crippen MR) is 75.7 cm³/mol. The van der Waals surface area contributed by atoms with E-state index in [9.17, 15) is 13.2 Å². The van der Waals surface area contributed by atoms with Gasteiger partial charge in [0, 0.05) is 0 Å². The second-order valence-electron chi connectivity index (χ2n) is 3.92. The molecule has 0 aliphatic rings. The Balaban J connectivity index is 2.33. The van der Waals surface area contributed by atoms with Gasteiger partial charge in [0.2, 0.25) is 16.0 Å². The third-order valence-electron chi connectivity index (χ3n) is 2.37. The van der Waals surface area contributed by atoms with E-state index in [1.165, 1.54) is 24.3 Å². The largest absolute Gasteiger partial charge is 0.382 e. The highest BCUT2D eigenvalue weighted by Gasteiger charge is 2.08. The number of aromatic amines is 1. The van der Waals surface area contributed by atoms with Crippen LogP contribution in [0.2, 0.25) is 0 Å². The van der Waals surface area contributed by atoms with Crippen LogP contribution in [0.15, 0.2) is 44.2 Å². The minimum Gasteiger partial charge on any atom is -0.382 e. The zero-order valence-electron chi connectivity index (χ0n) is 10.5. The Bertz CT molecular complexity index is 855. The quantitative estimate of drug-likeness (QED) is 0.578. The number of nitrogen functional groups attached to an aromatic ring is 2. The second kappa shape index (κ2) is 5.30. The molecule has 0 radical (unpaired) electrons. The van der Waals surface area contributed by atoms with E-state index in [-0.39, 0.29) is 22.3 Å². The number of azo groups is 1. The van der Waals surface area contributed by atoms with Gasteiger partial charge in [-0.2, -0.15) is 10.1 Å². The number of hydrogen-bond donors (Lipinski definition) is 4. The summed E-state index contributed by atoms with van der Waals surface area (Å²) in [4.78, 5) is 17.4. The lowest BCUT2D eigenvalue weighted by atomic mass is 10.3. The Morgan fingerprint density at radius 2 is 1.71 bits per heavy atom. The molecule has 2 rings (SSSR count). The number of benzene rings is 1. The normalized spacial score (nSPS) is 11.9. The molecule has 0 bridgehead atoms. The monoisotopic (exact) mass is 309 g/mol. The molecule has 0 unspecified atom stereocenters. The van der Waals surface area contributed by atoms with Gasteiger partial charge in [0.05, 0.1) is 10.6 Å². The molecule has 110 valence electrons. The van der Waals surface area contributed by atoms with Crippen molar-refractivity contribution in [2.75, 3.05) is 11.5 Å². The van der Waals surface area contributed by atoms with E-state index in [1.54, 1.807) is 0 Å². The lowest BCUT2D eigenvalue weighted by Crippen LogP contribution is -2.12. The third-order valence-corrected chi connectivity index (χ3v) is 3.30. The molecule has 1 aromatic heterocycles. The minimum absolute atomic E-state index is 0.0621. The second-order valence-corrected chi connectivity index (χ2v) is 5.49. The summed E-state index contributed by atoms with van der Waals surface area (Å²) >= 11 is 0. The zero-order chi connectivity index (χ0) is 15.6. The molecule has 1 aromatic carbocycles. The van der Waals surface area contributed by atoms with Crippen molar-refractivity contribution in [3.63, 3.8) is 0 Å². The lowest BCUT2D eigenvalue weighted by molar-refractivity contribution is 0.598. The number of sulfonamides is 1. The van der Waals surface area contributed by atoms with Crippen LogP contribution in [-0.4, -0.2) is 18.4 Å². The maximum absolute atomic E-state index is 11.6. The average Bonchev–Trinajstić information content (AvgIpc) is 2.37. The van der Waals surface area contributed by atoms with Gasteiger partial charge in [-0.1, -0.05) is 0 Å². The van der Waals surface area contributed by atoms with E-state index in [4.69, 9.17) is 16.6 Å². The number of nitrogens with zero attached hydrogens (tertiary/aromatic N) is 3. The summed E-state index contributed by atoms with van der Waals surface area (Å²) in [5.74, 6) is -0.296. The first kappa shape index (κ1) is 14.6. The van der Waals surface area contributed by atoms with Crippen LogP contribution in [0.3, 0.4) is 0 Å². The van der Waals surface area contributed by atoms with Gasteiger partial charge in [0.25, 0.3) is 5.56 Å². The number of H-pyrrole nitrogens is 1. The Kier molecular flexibility index (Phi) is 3.69. The number of nitrogens with two attached hydrogens (primary N) is 3. The van der Waals surface area contributed by atoms with E-state index in [0.717, 1.165) is 0 Å². The lowest BCUT2D eigenvalue weighted by Gasteiger charge is -1.99. The summed E-state index contributed by atoms with van der Waals surface area (Å²) in [5, 5.41) is 12.4. The maximum atomic E-state index is 11.6. The van der Waals surface area contributed by atoms with Crippen LogP contribution in [0.1, 0.15) is 0 Å². The summed E-state index contributed by atoms with van der Waals surface area (Å²) in [7, 11) is -3.78. The van der Waals surface area contributed by atoms with Crippen molar-refractivity contribution in [3.05, 3.63) is 34.6 Å². The van der Waals surface area contributed by atoms with Gasteiger partial charge < -0.3 is 11.5 Å². The van der Waals surface area contributed by atoms with Gasteiger partial charge in [0.15, 0.2) is 11.5 Å². The maximum Gasteiger partial charge on any atom is 0.282 e. The standard InChI is InChI=1S/C10H11N7O3S/c11-8-7(9(18)15-10(12)14-8)17-16-5-1-3-6(4-2-5)21(13,19)20/h1-4H,(H2,13,19,20)(H5,11,12,14,15,18). The van der Waals surface area contributed by atoms with Gasteiger partial charge in [-0.3, -0.25) is 9.78 Å². The third kappa shape index (κ3) is 3.40. The van der Waals surface area contributed by atoms with Crippen molar-refractivity contribution >= 4 is 33.2 Å². The average molecular weight is 309 g/mol. The van der Waals surface area contributed by atoms with Crippen LogP contribution < -0.4 is 22.2 Å². The Labute approximate surface area is 118 Å². The molecular formula is C10H11N7O3S. The molecular weight excluding hydrogens is 298 g/mol. The molecule has 0 aliphatic carbocycles. The fourth-order valence-corrected chi connectivity index (χ4v) is 1.92. The van der Waals surface area contributed by atoms with Crippen molar-refractivity contribution in [1.29, 1.82) is 0 Å². The van der Waals surface area contributed by atoms with Crippen molar-refractivity contribution in [2.24, 2.45) is 15.4 Å². The Hall–Kier alpha value is -2.79. The summed E-state index contributed by atoms with van der Waals surface area (Å²) in [5.41, 5.74) is 10.3. The fourth-order valence-electron chi connectivity index (χ4n) is 1.41. The molecule has 1 heterocycles. The van der Waals surface area contributed by atoms with E-state index >= 15 is 0 Å². The molecule has 11 heteroatoms. The molecule has 10 nitrogen and oxygen atoms in total. The highest BCUT2D eigenvalue weighted by atomic mass is 32.2. The van der Waals surface area contributed by atoms with Crippen LogP contribution in [0.4, 0.5) is 23.1 Å². The summed E-state index contributed by atoms with van der Waals surface area (Å²) in [6.45, 7) is 0. The van der Waals surface area contributed by atoms with Crippen molar-refractivity contribution < 1.29 is 8.42 Å².